The van der Waals surface area contributed by atoms with Gasteiger partial charge >= 0.3 is 0 Å². The number of hydrogen-bond acceptors (Lipinski definition) is 8. The molecule has 1 aliphatic rings. The number of carbonyl (C=O) groups is 1. The highest BCUT2D eigenvalue weighted by Crippen LogP contribution is 2.33. The number of ether oxygens (including phenoxy) is 1. The third-order valence-electron chi connectivity index (χ3n) is 5.97. The Labute approximate surface area is 235 Å². The van der Waals surface area contributed by atoms with Crippen molar-refractivity contribution in [2.75, 3.05) is 23.5 Å². The summed E-state index contributed by atoms with van der Waals surface area (Å²) in [6.07, 6.45) is 1.92. The average molecular weight is 594 g/mol. The number of nitrogen functional groups attached to an aromatic ring is 1. The lowest BCUT2D eigenvalue weighted by molar-refractivity contribution is -0.00625. The molecule has 0 saturated carbocycles. The molecule has 216 valence electrons. The van der Waals surface area contributed by atoms with Crippen LogP contribution in [0.25, 0.3) is 5.69 Å². The molecule has 41 heavy (non-hydrogen) atoms. The molecule has 5 N–H and O–H groups in total. The van der Waals surface area contributed by atoms with E-state index in [2.05, 4.69) is 15.4 Å². The third kappa shape index (κ3) is 6.72. The van der Waals surface area contributed by atoms with Gasteiger partial charge in [0, 0.05) is 34.5 Å². The Morgan fingerprint density at radius 3 is 2.44 bits per heavy atom. The standard InChI is InChI=1S/C24H16F4N4O3.C3H8FNS/c25-16-3-1-2-4-21(16)34-14-9-17(26)22(18(27)10-14)32-24(29)15(11-30-32)23(33)20-8-12-7-13(35-28)5-6-19(12)31-20;4-2-1-3-6-5/h1-7,9-11,20,31H,8,29H2;1-3,5H2. The van der Waals surface area contributed by atoms with Gasteiger partial charge in [0.2, 0.25) is 0 Å². The number of nitrogens with one attached hydrogen (secondary N) is 1. The molecular formula is C27H24F5N5O3S. The second-order valence-electron chi connectivity index (χ2n) is 8.70. The van der Waals surface area contributed by atoms with E-state index in [4.69, 9.17) is 15.6 Å². The molecule has 0 fully saturated rings. The highest BCUT2D eigenvalue weighted by molar-refractivity contribution is 7.97. The highest BCUT2D eigenvalue weighted by atomic mass is 32.2. The van der Waals surface area contributed by atoms with Gasteiger partial charge in [0.1, 0.15) is 17.3 Å². The Bertz CT molecular complexity index is 1510. The Morgan fingerprint density at radius 1 is 1.07 bits per heavy atom. The van der Waals surface area contributed by atoms with Gasteiger partial charge in [-0.1, -0.05) is 24.1 Å². The van der Waals surface area contributed by atoms with Gasteiger partial charge in [-0.05, 0) is 42.3 Å². The molecule has 1 unspecified atom stereocenters. The van der Waals surface area contributed by atoms with E-state index in [-0.39, 0.29) is 41.7 Å². The number of carbonyl (C=O) groups excluding carboxylic acids is 1. The van der Waals surface area contributed by atoms with Crippen LogP contribution in [0.5, 0.6) is 17.2 Å². The molecule has 0 bridgehead atoms. The summed E-state index contributed by atoms with van der Waals surface area (Å²) in [5.74, 6) is -3.37. The maximum atomic E-state index is 14.9. The van der Waals surface area contributed by atoms with Crippen LogP contribution in [0, 0.1) is 17.5 Å². The minimum Gasteiger partial charge on any atom is -0.454 e. The molecule has 0 radical (unpaired) electrons. The van der Waals surface area contributed by atoms with Crippen molar-refractivity contribution >= 4 is 29.2 Å². The first-order chi connectivity index (χ1) is 19.8. The number of anilines is 2. The lowest BCUT2D eigenvalue weighted by Crippen LogP contribution is -2.27. The lowest BCUT2D eigenvalue weighted by Gasteiger charge is -2.12. The van der Waals surface area contributed by atoms with E-state index >= 15 is 0 Å². The van der Waals surface area contributed by atoms with Crippen LogP contribution in [0.4, 0.5) is 33.6 Å². The predicted octanol–water partition coefficient (Wildman–Crippen LogP) is 6.10. The zero-order valence-corrected chi connectivity index (χ0v) is 22.1. The minimum atomic E-state index is -1.09. The normalized spacial score (nSPS) is 13.6. The first-order valence-corrected chi connectivity index (χ1v) is 13.2. The summed E-state index contributed by atoms with van der Waals surface area (Å²) < 4.78 is 73.1. The fourth-order valence-electron chi connectivity index (χ4n) is 4.05. The number of nitrogens with zero attached hydrogens (tertiary/aromatic N) is 2. The fraction of sp³-hybridized carbons (Fsp3) is 0.185. The van der Waals surface area contributed by atoms with E-state index in [1.165, 1.54) is 42.3 Å². The molecule has 1 aliphatic heterocycles. The molecule has 2 heterocycles. The SMILES string of the molecule is NSCCCF.Nc1c(C(=O)C2Cc3cc(OF)ccc3N2)cnn1-c1c(F)cc(Oc2ccccc2F)cc1F. The minimum absolute atomic E-state index is 0.000591. The number of Topliss-reactive ketones (excluding diaryl/α,β-unsaturated/α-hetero) is 1. The zero-order chi connectivity index (χ0) is 29.5. The second-order valence-corrected chi connectivity index (χ2v) is 9.44. The maximum Gasteiger partial charge on any atom is 0.190 e. The molecule has 4 aromatic rings. The molecular weight excluding hydrogens is 569 g/mol. The quantitative estimate of drug-likeness (QED) is 0.0923. The Hall–Kier alpha value is -4.30. The molecule has 8 nitrogen and oxygen atoms in total. The summed E-state index contributed by atoms with van der Waals surface area (Å²) in [5.41, 5.74) is 6.64. The molecule has 0 aliphatic carbocycles. The second kappa shape index (κ2) is 13.4. The maximum absolute atomic E-state index is 14.9. The molecule has 1 atom stereocenters. The Balaban J connectivity index is 0.000000585. The number of benzene rings is 3. The van der Waals surface area contributed by atoms with Crippen molar-refractivity contribution in [1.29, 1.82) is 0 Å². The number of nitrogens with two attached hydrogens (primary N) is 2. The number of alkyl halides is 1. The van der Waals surface area contributed by atoms with Crippen molar-refractivity contribution in [1.82, 2.24) is 9.78 Å². The highest BCUT2D eigenvalue weighted by Gasteiger charge is 2.31. The van der Waals surface area contributed by atoms with Crippen LogP contribution in [-0.4, -0.2) is 34.0 Å². The van der Waals surface area contributed by atoms with Gasteiger partial charge in [0.25, 0.3) is 0 Å². The van der Waals surface area contributed by atoms with E-state index in [0.717, 1.165) is 34.8 Å². The van der Waals surface area contributed by atoms with Gasteiger partial charge < -0.3 is 15.8 Å². The smallest absolute Gasteiger partial charge is 0.190 e. The number of ketones is 1. The summed E-state index contributed by atoms with van der Waals surface area (Å²) in [7, 11) is 0. The van der Waals surface area contributed by atoms with Crippen LogP contribution in [0.15, 0.2) is 60.8 Å². The van der Waals surface area contributed by atoms with Gasteiger partial charge in [0.05, 0.1) is 24.5 Å². The topological polar surface area (TPSA) is 117 Å². The van der Waals surface area contributed by atoms with E-state index in [1.807, 2.05) is 0 Å². The molecule has 3 aromatic carbocycles. The van der Waals surface area contributed by atoms with Crippen LogP contribution < -0.4 is 25.9 Å². The summed E-state index contributed by atoms with van der Waals surface area (Å²) in [6.45, 7) is -0.246. The molecule has 0 spiro atoms. The van der Waals surface area contributed by atoms with Gasteiger partial charge in [-0.25, -0.2) is 17.9 Å². The van der Waals surface area contributed by atoms with Crippen molar-refractivity contribution in [2.45, 2.75) is 18.9 Å². The molecule has 14 heteroatoms. The van der Waals surface area contributed by atoms with Crippen LogP contribution in [0.1, 0.15) is 22.3 Å². The van der Waals surface area contributed by atoms with Gasteiger partial charge in [-0.2, -0.15) is 5.10 Å². The zero-order valence-electron chi connectivity index (χ0n) is 21.3. The summed E-state index contributed by atoms with van der Waals surface area (Å²) in [5, 5.41) is 11.9. The summed E-state index contributed by atoms with van der Waals surface area (Å²) in [6, 6.07) is 10.8. The number of rotatable bonds is 9. The Morgan fingerprint density at radius 2 is 1.80 bits per heavy atom. The van der Waals surface area contributed by atoms with Crippen LogP contribution in [0.3, 0.4) is 0 Å². The Kier molecular flexibility index (Phi) is 9.68. The molecule has 1 aromatic heterocycles. The first kappa shape index (κ1) is 29.7. The molecule has 0 saturated heterocycles. The van der Waals surface area contributed by atoms with Crippen molar-refractivity contribution < 1.29 is 36.6 Å². The third-order valence-corrected chi connectivity index (χ3v) is 6.49. The predicted molar refractivity (Wildman–Crippen MR) is 145 cm³/mol. The monoisotopic (exact) mass is 593 g/mol. The number of para-hydroxylation sites is 1. The van der Waals surface area contributed by atoms with Crippen LogP contribution >= 0.6 is 11.9 Å². The number of aromatic nitrogens is 2. The largest absolute Gasteiger partial charge is 0.454 e. The summed E-state index contributed by atoms with van der Waals surface area (Å²) >= 11 is 1.19. The van der Waals surface area contributed by atoms with Crippen molar-refractivity contribution in [3.05, 3.63) is 89.4 Å². The number of fused-ring (bicyclic) bond motifs is 1. The van der Waals surface area contributed by atoms with Gasteiger partial charge in [0.15, 0.2) is 34.7 Å². The van der Waals surface area contributed by atoms with E-state index in [0.29, 0.717) is 17.7 Å². The number of halogens is 5. The molecule has 0 amide bonds. The van der Waals surface area contributed by atoms with Crippen molar-refractivity contribution in [3.63, 3.8) is 0 Å². The van der Waals surface area contributed by atoms with Crippen LogP contribution in [0.2, 0.25) is 0 Å². The fourth-order valence-corrected chi connectivity index (χ4v) is 4.33. The average Bonchev–Trinajstić information content (AvgIpc) is 3.56. The van der Waals surface area contributed by atoms with Crippen molar-refractivity contribution in [3.8, 4) is 22.9 Å². The van der Waals surface area contributed by atoms with E-state index in [1.54, 1.807) is 6.07 Å². The van der Waals surface area contributed by atoms with Crippen molar-refractivity contribution in [2.24, 2.45) is 5.14 Å². The van der Waals surface area contributed by atoms with Crippen LogP contribution in [-0.2, 0) is 6.42 Å². The first-order valence-electron chi connectivity index (χ1n) is 12.1. The van der Waals surface area contributed by atoms with Gasteiger partial charge in [-0.15, -0.1) is 0 Å². The summed E-state index contributed by atoms with van der Waals surface area (Å²) in [4.78, 5) is 16.8. The van der Waals surface area contributed by atoms with Gasteiger partial charge in [-0.3, -0.25) is 19.3 Å². The van der Waals surface area contributed by atoms with E-state index < -0.39 is 35.0 Å². The lowest BCUT2D eigenvalue weighted by atomic mass is 10.0. The number of hydrogen-bond donors (Lipinski definition) is 3. The van der Waals surface area contributed by atoms with E-state index in [9.17, 15) is 26.9 Å². The molecule has 5 rings (SSSR count).